The Morgan fingerprint density at radius 3 is 1.57 bits per heavy atom. The number of alkyl halides is 1. The number of hydrogen-bond donors (Lipinski definition) is 8. The van der Waals surface area contributed by atoms with Gasteiger partial charge in [0.05, 0.1) is 54.2 Å². The van der Waals surface area contributed by atoms with Crippen molar-refractivity contribution in [3.05, 3.63) is 21.2 Å². The number of thioether (sulfide) groups is 2. The van der Waals surface area contributed by atoms with Crippen LogP contribution in [0, 0.1) is 23.7 Å². The lowest BCUT2D eigenvalue weighted by Gasteiger charge is -2.47. The second-order valence-electron chi connectivity index (χ2n) is 19.7. The highest BCUT2D eigenvalue weighted by atomic mass is 32.2. The molecule has 8 aliphatic heterocycles. The molecule has 0 aliphatic carbocycles. The van der Waals surface area contributed by atoms with Crippen molar-refractivity contribution in [2.24, 2.45) is 23.7 Å². The molecule has 0 aromatic carbocycles. The zero-order chi connectivity index (χ0) is 49.2. The van der Waals surface area contributed by atoms with E-state index >= 15 is 0 Å². The van der Waals surface area contributed by atoms with E-state index in [0.29, 0.717) is 48.7 Å². The van der Waals surface area contributed by atoms with Crippen molar-refractivity contribution >= 4 is 70.9 Å². The van der Waals surface area contributed by atoms with E-state index in [0.717, 1.165) is 0 Å². The third-order valence-electron chi connectivity index (χ3n) is 14.9. The lowest BCUT2D eigenvalue weighted by molar-refractivity contribution is -0.159. The molecule has 68 heavy (non-hydrogen) atoms. The van der Waals surface area contributed by atoms with Crippen molar-refractivity contribution in [3.63, 3.8) is 0 Å². The van der Waals surface area contributed by atoms with Crippen molar-refractivity contribution in [2.45, 2.75) is 124 Å². The predicted molar refractivity (Wildman–Crippen MR) is 246 cm³/mol. The molecule has 0 aromatic heterocycles. The van der Waals surface area contributed by atoms with E-state index < -0.39 is 90.2 Å². The average molecular weight is 991 g/mol. The fourth-order valence-corrected chi connectivity index (χ4v) is 14.3. The molecule has 374 valence electrons. The molecule has 24 heteroatoms. The van der Waals surface area contributed by atoms with Crippen LogP contribution < -0.4 is 31.9 Å². The molecule has 6 saturated heterocycles. The third-order valence-corrected chi connectivity index (χ3v) is 17.9. The van der Waals surface area contributed by atoms with E-state index in [1.54, 1.807) is 35.0 Å². The zero-order valence-corrected chi connectivity index (χ0v) is 40.8. The average Bonchev–Trinajstić information content (AvgIpc) is 4.15. The van der Waals surface area contributed by atoms with Gasteiger partial charge in [0.25, 0.3) is 0 Å². The van der Waals surface area contributed by atoms with Crippen LogP contribution in [-0.2, 0) is 43.1 Å². The molecule has 0 saturated carbocycles. The second kappa shape index (κ2) is 19.8. The summed E-state index contributed by atoms with van der Waals surface area (Å²) in [7, 11) is 4.99. The van der Waals surface area contributed by atoms with Crippen LogP contribution in [0.4, 0.5) is 4.39 Å². The first kappa shape index (κ1) is 50.1. The van der Waals surface area contributed by atoms with Crippen LogP contribution >= 0.6 is 23.5 Å². The number of likely N-dealkylation sites (N-methyl/N-ethyl adjacent to an activating group) is 2. The summed E-state index contributed by atoms with van der Waals surface area (Å²) in [5.41, 5.74) is -0.110. The van der Waals surface area contributed by atoms with Gasteiger partial charge in [-0.3, -0.25) is 28.8 Å². The summed E-state index contributed by atoms with van der Waals surface area (Å²) in [5.74, 6) is -6.08. The van der Waals surface area contributed by atoms with Gasteiger partial charge in [0.2, 0.25) is 35.4 Å². The molecule has 8 N–H and O–H groups in total. The normalized spacial score (nSPS) is 36.0. The Kier molecular flexibility index (Phi) is 14.6. The monoisotopic (exact) mass is 990 g/mol. The van der Waals surface area contributed by atoms with Crippen LogP contribution in [0.1, 0.15) is 53.4 Å². The maximum atomic E-state index is 13.7. The summed E-state index contributed by atoms with van der Waals surface area (Å²) in [4.78, 5) is 111. The quantitative estimate of drug-likeness (QED) is 0.0604. The minimum atomic E-state index is -1.23. The van der Waals surface area contributed by atoms with E-state index in [2.05, 4.69) is 31.9 Å². The lowest BCUT2D eigenvalue weighted by Crippen LogP contribution is -2.66. The Labute approximate surface area is 402 Å². The number of aliphatic carboxylic acids is 2. The number of carbonyl (C=O) groups excluding carboxylic acids is 6. The Balaban J connectivity index is 0.779. The van der Waals surface area contributed by atoms with E-state index in [1.165, 1.54) is 43.1 Å². The van der Waals surface area contributed by atoms with Gasteiger partial charge in [0, 0.05) is 98.0 Å². The number of fused-ring (bicyclic) bond motifs is 2. The molecule has 6 fully saturated rings. The Morgan fingerprint density at radius 2 is 1.13 bits per heavy atom. The van der Waals surface area contributed by atoms with Crippen molar-refractivity contribution < 1.29 is 57.7 Å². The van der Waals surface area contributed by atoms with Crippen molar-refractivity contribution in [1.29, 1.82) is 0 Å². The minimum Gasteiger partial charge on any atom is -0.477 e. The third kappa shape index (κ3) is 9.25. The number of nitrogens with zero attached hydrogens (tertiary/aromatic N) is 4. The van der Waals surface area contributed by atoms with Gasteiger partial charge >= 0.3 is 11.9 Å². The Bertz CT molecular complexity index is 2180. The fraction of sp³-hybridized carbons (Fsp3) is 0.727. The maximum Gasteiger partial charge on any atom is 0.353 e. The maximum absolute atomic E-state index is 13.7. The largest absolute Gasteiger partial charge is 0.477 e. The van der Waals surface area contributed by atoms with E-state index in [1.807, 2.05) is 13.8 Å². The number of β-lactam (4-membered cyclic amide) rings is 2. The van der Waals surface area contributed by atoms with Crippen molar-refractivity contribution in [2.75, 3.05) is 54.1 Å². The predicted octanol–water partition coefficient (Wildman–Crippen LogP) is -1.58. The summed E-state index contributed by atoms with van der Waals surface area (Å²) >= 11 is 2.75. The number of carboxylic acids is 2. The summed E-state index contributed by atoms with van der Waals surface area (Å²) in [5, 5.41) is 38.5. The van der Waals surface area contributed by atoms with Crippen LogP contribution in [0.2, 0.25) is 0 Å². The fourth-order valence-electron chi connectivity index (χ4n) is 11.3. The van der Waals surface area contributed by atoms with Crippen LogP contribution in [-0.4, -0.2) is 202 Å². The van der Waals surface area contributed by atoms with Crippen molar-refractivity contribution in [1.82, 2.24) is 51.5 Å². The number of amides is 6. The zero-order valence-electron chi connectivity index (χ0n) is 39.2. The topological polar surface area (TPSA) is 271 Å². The van der Waals surface area contributed by atoms with Gasteiger partial charge in [-0.15, -0.1) is 23.5 Å². The van der Waals surface area contributed by atoms with Crippen LogP contribution in [0.15, 0.2) is 21.2 Å². The molecule has 0 radical (unpaired) electrons. The molecule has 0 bridgehead atoms. The van der Waals surface area contributed by atoms with Crippen molar-refractivity contribution in [3.8, 4) is 0 Å². The number of nitrogens with one attached hydrogen (secondary N) is 6. The molecule has 8 heterocycles. The molecule has 21 nitrogen and oxygen atoms in total. The molecule has 0 spiro atoms. The number of rotatable bonds is 17. The number of halogens is 1. The molecule has 6 amide bonds. The number of carbonyl (C=O) groups is 8. The summed E-state index contributed by atoms with van der Waals surface area (Å²) in [6.07, 6.45) is -0.233. The molecule has 8 rings (SSSR count). The highest BCUT2D eigenvalue weighted by Gasteiger charge is 2.62. The highest BCUT2D eigenvalue weighted by molar-refractivity contribution is 8.04. The molecule has 8 aliphatic rings. The standard InChI is InChI=1S/C44H63FN10O11S2/c1-17-32-30(42(61)55(32)33(43(62)63)35(17)67-23-10-27(48-14-23)39(58)52(5)6)20(4)51-38(57)26-9-22(13-47-26)66-16-53(7)40(59)28-11-24(15-49-28)68-36-18(2)31-29(41(60)54(31)34(36)44(64)65)19(3)50-37(56)25-8-21(45)12-46-25/h17-32,46-49H,8-16H2,1-7H3,(H,50,56)(H,51,57)(H,62,63)(H,64,65)/t17-,18-,19-,20-,21+,22-,23+,24+,25+,26+,27+,28+,29-,30-,31-,32-/m1/s1. The van der Waals surface area contributed by atoms with Gasteiger partial charge in [-0.05, 0) is 33.1 Å². The summed E-state index contributed by atoms with van der Waals surface area (Å²) < 4.78 is 19.8. The summed E-state index contributed by atoms with van der Waals surface area (Å²) in [6, 6.07) is -4.35. The number of hydrogen-bond acceptors (Lipinski definition) is 15. The van der Waals surface area contributed by atoms with Gasteiger partial charge in [0.1, 0.15) is 24.3 Å². The SMILES string of the molecule is C[C@@H](NC(=O)[C@@H]1C[C@H](F)CN1)[C@H]1C(=O)N2C(C(=O)O)=C(S[C@@H]3CN[C@H](C(=O)N(C)CO[C@H]4CN[C@H](C(=O)N[C@H](C)[C@H]5C(=O)N6C(C(=O)O)=C(S[C@@H]7CN[C@H](C(=O)N(C)C)C7)[C@H](C)[C@H]56)C4)C3)[C@H](C)[C@H]12. The molecular weight excluding hydrogens is 928 g/mol. The second-order valence-corrected chi connectivity index (χ2v) is 22.4. The smallest absolute Gasteiger partial charge is 0.353 e. The van der Waals surface area contributed by atoms with E-state index in [-0.39, 0.29) is 83.1 Å². The number of ether oxygens (including phenoxy) is 1. The minimum absolute atomic E-state index is 0.0326. The molecule has 16 atom stereocenters. The molecule has 0 aromatic rings. The van der Waals surface area contributed by atoms with Crippen LogP contribution in [0.25, 0.3) is 0 Å². The van der Waals surface area contributed by atoms with E-state index in [9.17, 15) is 53.0 Å². The van der Waals surface area contributed by atoms with Crippen LogP contribution in [0.3, 0.4) is 0 Å². The number of carboxylic acid groups (broad SMARTS) is 2. The Hall–Kier alpha value is -4.33. The van der Waals surface area contributed by atoms with E-state index in [4.69, 9.17) is 4.74 Å². The first-order valence-corrected chi connectivity index (χ1v) is 25.1. The van der Waals surface area contributed by atoms with Gasteiger partial charge in [-0.25, -0.2) is 14.0 Å². The van der Waals surface area contributed by atoms with Crippen LogP contribution in [0.5, 0.6) is 0 Å². The first-order chi connectivity index (χ1) is 32.2. The van der Waals surface area contributed by atoms with Gasteiger partial charge < -0.3 is 66.5 Å². The molecular formula is C44H63FN10O11S2. The highest BCUT2D eigenvalue weighted by Crippen LogP contribution is 2.53. The first-order valence-electron chi connectivity index (χ1n) is 23.4. The Morgan fingerprint density at radius 1 is 0.691 bits per heavy atom. The summed E-state index contributed by atoms with van der Waals surface area (Å²) in [6.45, 7) is 8.54. The van der Waals surface area contributed by atoms with Gasteiger partial charge in [-0.2, -0.15) is 0 Å². The molecule has 0 unspecified atom stereocenters. The van der Waals surface area contributed by atoms with Gasteiger partial charge in [0.15, 0.2) is 0 Å². The van der Waals surface area contributed by atoms with Gasteiger partial charge in [-0.1, -0.05) is 13.8 Å². The lowest BCUT2D eigenvalue weighted by atomic mass is 9.78.